The SMILES string of the molecule is COc1cc(-n2cnnn2)c(Cl)cc1C(=O)NCc1ccnc(-n2ccnc2C)c1. The van der Waals surface area contributed by atoms with Gasteiger partial charge in [-0.1, -0.05) is 11.6 Å². The predicted molar refractivity (Wildman–Crippen MR) is 108 cm³/mol. The van der Waals surface area contributed by atoms with E-state index in [9.17, 15) is 4.79 Å². The summed E-state index contributed by atoms with van der Waals surface area (Å²) in [4.78, 5) is 21.3. The van der Waals surface area contributed by atoms with Crippen LogP contribution in [-0.4, -0.2) is 47.8 Å². The second-order valence-corrected chi connectivity index (χ2v) is 6.71. The molecule has 3 heterocycles. The molecule has 0 radical (unpaired) electrons. The van der Waals surface area contributed by atoms with Crippen LogP contribution in [0.1, 0.15) is 21.7 Å². The monoisotopic (exact) mass is 424 g/mol. The first-order chi connectivity index (χ1) is 14.6. The van der Waals surface area contributed by atoms with E-state index in [2.05, 4.69) is 30.8 Å². The van der Waals surface area contributed by atoms with E-state index in [4.69, 9.17) is 16.3 Å². The minimum Gasteiger partial charge on any atom is -0.496 e. The standard InChI is InChI=1S/C19H17ClN8O2/c1-12-21-5-6-27(12)18-7-13(3-4-22-18)10-23-19(29)14-8-15(20)16(9-17(14)30-2)28-11-24-25-26-28/h3-9,11H,10H2,1-2H3,(H,23,29). The summed E-state index contributed by atoms with van der Waals surface area (Å²) in [5.41, 5.74) is 1.69. The van der Waals surface area contributed by atoms with Gasteiger partial charge in [0, 0.05) is 31.2 Å². The number of tetrazole rings is 1. The smallest absolute Gasteiger partial charge is 0.255 e. The molecule has 0 saturated heterocycles. The largest absolute Gasteiger partial charge is 0.496 e. The van der Waals surface area contributed by atoms with E-state index in [0.29, 0.717) is 28.6 Å². The zero-order chi connectivity index (χ0) is 21.1. The van der Waals surface area contributed by atoms with Crippen LogP contribution in [0.3, 0.4) is 0 Å². The van der Waals surface area contributed by atoms with Gasteiger partial charge in [-0.3, -0.25) is 9.36 Å². The Morgan fingerprint density at radius 1 is 1.23 bits per heavy atom. The number of aryl methyl sites for hydroxylation is 1. The van der Waals surface area contributed by atoms with Crippen molar-refractivity contribution >= 4 is 17.5 Å². The number of nitrogens with zero attached hydrogens (tertiary/aromatic N) is 7. The zero-order valence-corrected chi connectivity index (χ0v) is 16.9. The summed E-state index contributed by atoms with van der Waals surface area (Å²) < 4.78 is 8.63. The van der Waals surface area contributed by atoms with Crippen molar-refractivity contribution in [3.05, 3.63) is 71.2 Å². The molecule has 0 aliphatic heterocycles. The second kappa shape index (κ2) is 8.29. The number of amides is 1. The quantitative estimate of drug-likeness (QED) is 0.504. The molecule has 0 aliphatic carbocycles. The Balaban J connectivity index is 1.53. The first kappa shape index (κ1) is 19.5. The Labute approximate surface area is 176 Å². The van der Waals surface area contributed by atoms with E-state index in [1.54, 1.807) is 18.5 Å². The van der Waals surface area contributed by atoms with E-state index in [1.807, 2.05) is 29.8 Å². The third-order valence-electron chi connectivity index (χ3n) is 4.44. The van der Waals surface area contributed by atoms with E-state index < -0.39 is 0 Å². The van der Waals surface area contributed by atoms with Gasteiger partial charge in [0.25, 0.3) is 5.91 Å². The first-order valence-electron chi connectivity index (χ1n) is 8.91. The number of ether oxygens (including phenoxy) is 1. The van der Waals surface area contributed by atoms with Crippen molar-refractivity contribution in [3.63, 3.8) is 0 Å². The van der Waals surface area contributed by atoms with E-state index in [1.165, 1.54) is 24.2 Å². The number of rotatable bonds is 6. The van der Waals surface area contributed by atoms with Crippen LogP contribution in [-0.2, 0) is 6.54 Å². The number of carbonyl (C=O) groups excluding carboxylic acids is 1. The lowest BCUT2D eigenvalue weighted by atomic mass is 10.1. The fourth-order valence-electron chi connectivity index (χ4n) is 2.94. The molecule has 0 spiro atoms. The molecule has 1 N–H and O–H groups in total. The Hall–Kier alpha value is -3.79. The Kier molecular flexibility index (Phi) is 5.40. The normalized spacial score (nSPS) is 10.8. The molecule has 0 fully saturated rings. The van der Waals surface area contributed by atoms with Gasteiger partial charge in [0.15, 0.2) is 0 Å². The van der Waals surface area contributed by atoms with Gasteiger partial charge in [-0.2, -0.15) is 4.68 Å². The molecule has 4 rings (SSSR count). The Morgan fingerprint density at radius 2 is 2.10 bits per heavy atom. The molecule has 30 heavy (non-hydrogen) atoms. The zero-order valence-electron chi connectivity index (χ0n) is 16.2. The summed E-state index contributed by atoms with van der Waals surface area (Å²) in [6.45, 7) is 2.20. The molecule has 1 aromatic carbocycles. The highest BCUT2D eigenvalue weighted by Gasteiger charge is 2.17. The molecule has 152 valence electrons. The highest BCUT2D eigenvalue weighted by atomic mass is 35.5. The lowest BCUT2D eigenvalue weighted by Gasteiger charge is -2.13. The highest BCUT2D eigenvalue weighted by molar-refractivity contribution is 6.33. The van der Waals surface area contributed by atoms with E-state index >= 15 is 0 Å². The number of benzene rings is 1. The van der Waals surface area contributed by atoms with Gasteiger partial charge in [-0.25, -0.2) is 9.97 Å². The van der Waals surface area contributed by atoms with Crippen molar-refractivity contribution in [3.8, 4) is 17.3 Å². The molecule has 3 aromatic heterocycles. The summed E-state index contributed by atoms with van der Waals surface area (Å²) in [7, 11) is 1.48. The topological polar surface area (TPSA) is 113 Å². The lowest BCUT2D eigenvalue weighted by molar-refractivity contribution is 0.0948. The van der Waals surface area contributed by atoms with Gasteiger partial charge in [0.2, 0.25) is 0 Å². The molecule has 1 amide bonds. The average Bonchev–Trinajstić information content (AvgIpc) is 3.44. The Morgan fingerprint density at radius 3 is 2.80 bits per heavy atom. The minimum absolute atomic E-state index is 0.303. The average molecular weight is 425 g/mol. The van der Waals surface area contributed by atoms with Gasteiger partial charge in [-0.15, -0.1) is 5.10 Å². The number of hydrogen-bond donors (Lipinski definition) is 1. The summed E-state index contributed by atoms with van der Waals surface area (Å²) in [5, 5.41) is 14.2. The van der Waals surface area contributed by atoms with E-state index in [0.717, 1.165) is 17.2 Å². The van der Waals surface area contributed by atoms with Crippen LogP contribution in [0.5, 0.6) is 5.75 Å². The summed E-state index contributed by atoms with van der Waals surface area (Å²) in [5.74, 6) is 1.58. The van der Waals surface area contributed by atoms with Crippen molar-refractivity contribution in [2.24, 2.45) is 0 Å². The molecule has 0 unspecified atom stereocenters. The first-order valence-corrected chi connectivity index (χ1v) is 9.29. The minimum atomic E-state index is -0.325. The molecule has 0 atom stereocenters. The molecule has 0 aliphatic rings. The maximum absolute atomic E-state index is 12.8. The third-order valence-corrected chi connectivity index (χ3v) is 4.75. The number of hydrogen-bond acceptors (Lipinski definition) is 7. The van der Waals surface area contributed by atoms with Crippen molar-refractivity contribution in [2.45, 2.75) is 13.5 Å². The third kappa shape index (κ3) is 3.85. The molecule has 4 aromatic rings. The fraction of sp³-hybridized carbons (Fsp3) is 0.158. The summed E-state index contributed by atoms with van der Waals surface area (Å²) >= 11 is 6.33. The number of carbonyl (C=O) groups is 1. The molecule has 0 saturated carbocycles. The second-order valence-electron chi connectivity index (χ2n) is 6.31. The number of halogens is 1. The number of methoxy groups -OCH3 is 1. The van der Waals surface area contributed by atoms with Gasteiger partial charge in [0.05, 0.1) is 23.4 Å². The molecular weight excluding hydrogens is 408 g/mol. The van der Waals surface area contributed by atoms with Gasteiger partial charge >= 0.3 is 0 Å². The van der Waals surface area contributed by atoms with Crippen LogP contribution in [0.4, 0.5) is 0 Å². The number of pyridine rings is 1. The van der Waals surface area contributed by atoms with Crippen LogP contribution < -0.4 is 10.1 Å². The van der Waals surface area contributed by atoms with Crippen LogP contribution in [0.2, 0.25) is 5.02 Å². The maximum Gasteiger partial charge on any atom is 0.255 e. The number of nitrogens with one attached hydrogen (secondary N) is 1. The summed E-state index contributed by atoms with van der Waals surface area (Å²) in [6, 6.07) is 6.86. The molecule has 0 bridgehead atoms. The molecular formula is C19H17ClN8O2. The van der Waals surface area contributed by atoms with Gasteiger partial charge in [0.1, 0.15) is 23.7 Å². The Bertz CT molecular complexity index is 1190. The van der Waals surface area contributed by atoms with Crippen molar-refractivity contribution in [1.29, 1.82) is 0 Å². The molecule has 11 heteroatoms. The van der Waals surface area contributed by atoms with E-state index in [-0.39, 0.29) is 5.91 Å². The molecule has 10 nitrogen and oxygen atoms in total. The number of imidazole rings is 1. The van der Waals surface area contributed by atoms with Crippen molar-refractivity contribution in [1.82, 2.24) is 40.1 Å². The van der Waals surface area contributed by atoms with Crippen LogP contribution in [0.25, 0.3) is 11.5 Å². The van der Waals surface area contributed by atoms with Crippen LogP contribution in [0.15, 0.2) is 49.2 Å². The van der Waals surface area contributed by atoms with Crippen LogP contribution in [0, 0.1) is 6.92 Å². The van der Waals surface area contributed by atoms with Crippen molar-refractivity contribution in [2.75, 3.05) is 7.11 Å². The fourth-order valence-corrected chi connectivity index (χ4v) is 3.19. The van der Waals surface area contributed by atoms with Gasteiger partial charge in [-0.05, 0) is 41.1 Å². The lowest BCUT2D eigenvalue weighted by Crippen LogP contribution is -2.23. The summed E-state index contributed by atoms with van der Waals surface area (Å²) in [6.07, 6.45) is 6.64. The maximum atomic E-state index is 12.8. The van der Waals surface area contributed by atoms with Crippen molar-refractivity contribution < 1.29 is 9.53 Å². The number of aromatic nitrogens is 7. The van der Waals surface area contributed by atoms with Crippen LogP contribution >= 0.6 is 11.6 Å². The highest BCUT2D eigenvalue weighted by Crippen LogP contribution is 2.29. The van der Waals surface area contributed by atoms with Gasteiger partial charge < -0.3 is 10.1 Å². The predicted octanol–water partition coefficient (Wildman–Crippen LogP) is 2.14.